The molecule has 0 fully saturated rings. The molecule has 3 aromatic rings. The lowest BCUT2D eigenvalue weighted by atomic mass is 10.1. The molecule has 3 aromatic heterocycles. The van der Waals surface area contributed by atoms with Crippen LogP contribution in [0.5, 0.6) is 0 Å². The molecule has 0 aliphatic heterocycles. The molecule has 0 radical (unpaired) electrons. The fourth-order valence-electron chi connectivity index (χ4n) is 1.71. The summed E-state index contributed by atoms with van der Waals surface area (Å²) in [6.45, 7) is 0. The summed E-state index contributed by atoms with van der Waals surface area (Å²) in [4.78, 5) is 9.92. The van der Waals surface area contributed by atoms with Crippen molar-refractivity contribution in [2.45, 2.75) is 0 Å². The Balaban J connectivity index is 2.05. The number of thiophene rings is 1. The van der Waals surface area contributed by atoms with E-state index in [9.17, 15) is 0 Å². The summed E-state index contributed by atoms with van der Waals surface area (Å²) in [7, 11) is 0. The molecule has 88 valence electrons. The third-order valence-electron chi connectivity index (χ3n) is 2.54. The minimum absolute atomic E-state index is 0.898. The van der Waals surface area contributed by atoms with Gasteiger partial charge in [-0.1, -0.05) is 6.07 Å². The van der Waals surface area contributed by atoms with Gasteiger partial charge in [0.25, 0.3) is 0 Å². The van der Waals surface area contributed by atoms with Crippen LogP contribution in [0.4, 0.5) is 0 Å². The second kappa shape index (κ2) is 5.00. The van der Waals surface area contributed by atoms with E-state index in [1.807, 2.05) is 30.5 Å². The Hall–Kier alpha value is -1.52. The standard InChI is InChI=1S/C14H9BrN2S/c15-14-5-4-13(18-14)10-6-8-17-12(9-10)11-3-1-2-7-16-11/h1-9H. The van der Waals surface area contributed by atoms with Crippen molar-refractivity contribution in [3.8, 4) is 21.8 Å². The van der Waals surface area contributed by atoms with Gasteiger partial charge in [0.1, 0.15) is 0 Å². The van der Waals surface area contributed by atoms with Crippen molar-refractivity contribution in [1.82, 2.24) is 9.97 Å². The summed E-state index contributed by atoms with van der Waals surface area (Å²) < 4.78 is 1.13. The van der Waals surface area contributed by atoms with Crippen molar-refractivity contribution in [2.75, 3.05) is 0 Å². The number of pyridine rings is 2. The minimum Gasteiger partial charge on any atom is -0.255 e. The predicted octanol–water partition coefficient (Wildman–Crippen LogP) is 4.63. The van der Waals surface area contributed by atoms with Gasteiger partial charge in [0.05, 0.1) is 15.2 Å². The highest BCUT2D eigenvalue weighted by Gasteiger charge is 2.05. The Kier molecular flexibility index (Phi) is 3.21. The maximum absolute atomic E-state index is 4.37. The maximum Gasteiger partial charge on any atom is 0.0892 e. The lowest BCUT2D eigenvalue weighted by Gasteiger charge is -2.02. The van der Waals surface area contributed by atoms with Gasteiger partial charge in [-0.15, -0.1) is 11.3 Å². The zero-order chi connectivity index (χ0) is 12.4. The largest absolute Gasteiger partial charge is 0.255 e. The molecular formula is C14H9BrN2S. The highest BCUT2D eigenvalue weighted by molar-refractivity contribution is 9.11. The molecule has 3 rings (SSSR count). The van der Waals surface area contributed by atoms with E-state index in [-0.39, 0.29) is 0 Å². The fraction of sp³-hybridized carbons (Fsp3) is 0. The van der Waals surface area contributed by atoms with Gasteiger partial charge < -0.3 is 0 Å². The van der Waals surface area contributed by atoms with Crippen LogP contribution < -0.4 is 0 Å². The van der Waals surface area contributed by atoms with Crippen molar-refractivity contribution in [2.24, 2.45) is 0 Å². The zero-order valence-electron chi connectivity index (χ0n) is 9.38. The summed E-state index contributed by atoms with van der Waals surface area (Å²) in [5, 5.41) is 0. The smallest absolute Gasteiger partial charge is 0.0892 e. The van der Waals surface area contributed by atoms with Gasteiger partial charge in [-0.3, -0.25) is 9.97 Å². The van der Waals surface area contributed by atoms with E-state index in [2.05, 4.69) is 44.1 Å². The van der Waals surface area contributed by atoms with E-state index in [0.29, 0.717) is 0 Å². The fourth-order valence-corrected chi connectivity index (χ4v) is 3.09. The number of nitrogens with zero attached hydrogens (tertiary/aromatic N) is 2. The van der Waals surface area contributed by atoms with Gasteiger partial charge in [-0.05, 0) is 57.9 Å². The van der Waals surface area contributed by atoms with Gasteiger partial charge >= 0.3 is 0 Å². The quantitative estimate of drug-likeness (QED) is 0.688. The Morgan fingerprint density at radius 2 is 1.78 bits per heavy atom. The lowest BCUT2D eigenvalue weighted by molar-refractivity contribution is 1.25. The number of hydrogen-bond acceptors (Lipinski definition) is 3. The predicted molar refractivity (Wildman–Crippen MR) is 78.5 cm³/mol. The molecule has 0 aliphatic rings. The molecule has 0 aromatic carbocycles. The summed E-state index contributed by atoms with van der Waals surface area (Å²) in [5.74, 6) is 0. The Bertz CT molecular complexity index is 664. The molecule has 0 bridgehead atoms. The number of halogens is 1. The van der Waals surface area contributed by atoms with Gasteiger partial charge in [0, 0.05) is 17.3 Å². The molecule has 0 saturated carbocycles. The summed E-state index contributed by atoms with van der Waals surface area (Å²) >= 11 is 5.20. The molecule has 0 N–H and O–H groups in total. The topological polar surface area (TPSA) is 25.8 Å². The van der Waals surface area contributed by atoms with E-state index in [4.69, 9.17) is 0 Å². The monoisotopic (exact) mass is 316 g/mol. The Morgan fingerprint density at radius 1 is 0.889 bits per heavy atom. The minimum atomic E-state index is 0.898. The van der Waals surface area contributed by atoms with E-state index in [1.165, 1.54) is 10.4 Å². The molecule has 4 heteroatoms. The highest BCUT2D eigenvalue weighted by atomic mass is 79.9. The molecule has 0 atom stereocenters. The summed E-state index contributed by atoms with van der Waals surface area (Å²) in [5.41, 5.74) is 2.97. The van der Waals surface area contributed by atoms with E-state index in [0.717, 1.165) is 15.2 Å². The van der Waals surface area contributed by atoms with Gasteiger partial charge in [-0.2, -0.15) is 0 Å². The van der Waals surface area contributed by atoms with Crippen LogP contribution in [0.15, 0.2) is 58.6 Å². The summed E-state index contributed by atoms with van der Waals surface area (Å²) in [6, 6.07) is 14.1. The van der Waals surface area contributed by atoms with E-state index in [1.54, 1.807) is 17.5 Å². The molecule has 2 nitrogen and oxygen atoms in total. The van der Waals surface area contributed by atoms with Crippen LogP contribution in [0.2, 0.25) is 0 Å². The van der Waals surface area contributed by atoms with Crippen LogP contribution in [0.25, 0.3) is 21.8 Å². The second-order valence-corrected chi connectivity index (χ2v) is 6.21. The highest BCUT2D eigenvalue weighted by Crippen LogP contribution is 2.32. The molecule has 0 unspecified atom stereocenters. The second-order valence-electron chi connectivity index (χ2n) is 3.75. The van der Waals surface area contributed by atoms with Crippen LogP contribution >= 0.6 is 27.3 Å². The third-order valence-corrected chi connectivity index (χ3v) is 4.22. The molecule has 0 saturated heterocycles. The third kappa shape index (κ3) is 2.35. The number of hydrogen-bond donors (Lipinski definition) is 0. The summed E-state index contributed by atoms with van der Waals surface area (Å²) in [6.07, 6.45) is 3.61. The molecular weight excluding hydrogens is 308 g/mol. The molecule has 18 heavy (non-hydrogen) atoms. The average Bonchev–Trinajstić information content (AvgIpc) is 2.87. The average molecular weight is 317 g/mol. The van der Waals surface area contributed by atoms with Crippen molar-refractivity contribution in [3.63, 3.8) is 0 Å². The molecule has 0 amide bonds. The van der Waals surface area contributed by atoms with E-state index >= 15 is 0 Å². The van der Waals surface area contributed by atoms with Crippen LogP contribution in [0.1, 0.15) is 0 Å². The Morgan fingerprint density at radius 3 is 2.50 bits per heavy atom. The zero-order valence-corrected chi connectivity index (χ0v) is 11.8. The van der Waals surface area contributed by atoms with E-state index < -0.39 is 0 Å². The SMILES string of the molecule is Brc1ccc(-c2ccnc(-c3ccccn3)c2)s1. The molecule has 3 heterocycles. The first-order valence-electron chi connectivity index (χ1n) is 5.46. The first-order chi connectivity index (χ1) is 8.83. The van der Waals surface area contributed by atoms with Gasteiger partial charge in [0.15, 0.2) is 0 Å². The number of rotatable bonds is 2. The first kappa shape index (κ1) is 11.6. The van der Waals surface area contributed by atoms with Crippen LogP contribution in [0, 0.1) is 0 Å². The van der Waals surface area contributed by atoms with Crippen molar-refractivity contribution < 1.29 is 0 Å². The van der Waals surface area contributed by atoms with Crippen LogP contribution in [-0.4, -0.2) is 9.97 Å². The lowest BCUT2D eigenvalue weighted by Crippen LogP contribution is -1.86. The molecule has 0 spiro atoms. The van der Waals surface area contributed by atoms with Crippen molar-refractivity contribution >= 4 is 27.3 Å². The molecule has 0 aliphatic carbocycles. The van der Waals surface area contributed by atoms with Crippen molar-refractivity contribution in [3.05, 3.63) is 58.6 Å². The number of aromatic nitrogens is 2. The first-order valence-corrected chi connectivity index (χ1v) is 7.07. The van der Waals surface area contributed by atoms with Crippen LogP contribution in [-0.2, 0) is 0 Å². The van der Waals surface area contributed by atoms with Crippen molar-refractivity contribution in [1.29, 1.82) is 0 Å². The maximum atomic E-state index is 4.37. The van der Waals surface area contributed by atoms with Crippen LogP contribution in [0.3, 0.4) is 0 Å². The Labute approximate surface area is 117 Å². The van der Waals surface area contributed by atoms with Gasteiger partial charge in [-0.25, -0.2) is 0 Å². The normalized spacial score (nSPS) is 10.5. The van der Waals surface area contributed by atoms with Gasteiger partial charge in [0.2, 0.25) is 0 Å².